The first-order valence-electron chi connectivity index (χ1n) is 6.46. The molecule has 0 amide bonds. The Labute approximate surface area is 104 Å². The van der Waals surface area contributed by atoms with Crippen molar-refractivity contribution in [2.24, 2.45) is 5.92 Å². The van der Waals surface area contributed by atoms with Crippen LogP contribution in [0.25, 0.3) is 0 Å². The van der Waals surface area contributed by atoms with E-state index >= 15 is 0 Å². The smallest absolute Gasteiger partial charge is 0.0509 e. The van der Waals surface area contributed by atoms with Gasteiger partial charge in [-0.05, 0) is 31.4 Å². The summed E-state index contributed by atoms with van der Waals surface area (Å²) in [5.41, 5.74) is 1.19. The van der Waals surface area contributed by atoms with Gasteiger partial charge in [0.05, 0.1) is 6.61 Å². The van der Waals surface area contributed by atoms with Gasteiger partial charge in [-0.15, -0.1) is 0 Å². The normalized spacial score (nSPS) is 21.4. The Hall–Kier alpha value is -1.06. The number of rotatable bonds is 6. The molecule has 94 valence electrons. The Kier molecular flexibility index (Phi) is 4.83. The van der Waals surface area contributed by atoms with Gasteiger partial charge in [0.25, 0.3) is 0 Å². The van der Waals surface area contributed by atoms with E-state index in [0.717, 1.165) is 26.3 Å². The van der Waals surface area contributed by atoms with Crippen LogP contribution in [0.5, 0.6) is 0 Å². The van der Waals surface area contributed by atoms with Crippen molar-refractivity contribution in [1.82, 2.24) is 5.32 Å². The van der Waals surface area contributed by atoms with Crippen LogP contribution < -0.4 is 10.6 Å². The molecule has 1 heterocycles. The van der Waals surface area contributed by atoms with Crippen molar-refractivity contribution >= 4 is 5.69 Å². The second-order valence-electron chi connectivity index (χ2n) is 4.66. The molecular weight excluding hydrogens is 212 g/mol. The fraction of sp³-hybridized carbons (Fsp3) is 0.571. The van der Waals surface area contributed by atoms with Gasteiger partial charge in [-0.25, -0.2) is 0 Å². The van der Waals surface area contributed by atoms with Gasteiger partial charge in [0.15, 0.2) is 0 Å². The van der Waals surface area contributed by atoms with Crippen LogP contribution in [-0.2, 0) is 4.74 Å². The molecule has 2 N–H and O–H groups in total. The fourth-order valence-electron chi connectivity index (χ4n) is 2.18. The van der Waals surface area contributed by atoms with Crippen molar-refractivity contribution < 1.29 is 4.74 Å². The maximum Gasteiger partial charge on any atom is 0.0509 e. The minimum atomic E-state index is 0.551. The average molecular weight is 234 g/mol. The maximum absolute atomic E-state index is 5.40. The van der Waals surface area contributed by atoms with Crippen molar-refractivity contribution in [3.63, 3.8) is 0 Å². The molecule has 1 saturated heterocycles. The van der Waals surface area contributed by atoms with E-state index in [-0.39, 0.29) is 0 Å². The second kappa shape index (κ2) is 6.62. The topological polar surface area (TPSA) is 33.3 Å². The highest BCUT2D eigenvalue weighted by Crippen LogP contribution is 2.15. The SMILES string of the molecule is CC(NCCNc1ccccc1)C1CCOC1. The van der Waals surface area contributed by atoms with E-state index in [1.165, 1.54) is 12.1 Å². The lowest BCUT2D eigenvalue weighted by molar-refractivity contribution is 0.178. The number of ether oxygens (including phenoxy) is 1. The van der Waals surface area contributed by atoms with Crippen LogP contribution in [0.1, 0.15) is 13.3 Å². The molecule has 2 unspecified atom stereocenters. The lowest BCUT2D eigenvalue weighted by atomic mass is 10.0. The van der Waals surface area contributed by atoms with Gasteiger partial charge in [-0.1, -0.05) is 18.2 Å². The highest BCUT2D eigenvalue weighted by molar-refractivity contribution is 5.42. The van der Waals surface area contributed by atoms with Crippen LogP contribution in [-0.4, -0.2) is 32.3 Å². The molecule has 0 spiro atoms. The van der Waals surface area contributed by atoms with Gasteiger partial charge in [-0.2, -0.15) is 0 Å². The number of hydrogen-bond donors (Lipinski definition) is 2. The third kappa shape index (κ3) is 4.02. The van der Waals surface area contributed by atoms with Crippen LogP contribution in [0.4, 0.5) is 5.69 Å². The first kappa shape index (κ1) is 12.4. The Balaban J connectivity index is 1.59. The number of benzene rings is 1. The van der Waals surface area contributed by atoms with Crippen LogP contribution in [0.3, 0.4) is 0 Å². The molecule has 0 bridgehead atoms. The number of para-hydroxylation sites is 1. The zero-order valence-electron chi connectivity index (χ0n) is 10.5. The summed E-state index contributed by atoms with van der Waals surface area (Å²) >= 11 is 0. The van der Waals surface area contributed by atoms with Gasteiger partial charge in [0.1, 0.15) is 0 Å². The summed E-state index contributed by atoms with van der Waals surface area (Å²) in [6, 6.07) is 10.9. The van der Waals surface area contributed by atoms with Gasteiger partial charge >= 0.3 is 0 Å². The van der Waals surface area contributed by atoms with Crippen LogP contribution >= 0.6 is 0 Å². The Bertz CT molecular complexity index is 309. The highest BCUT2D eigenvalue weighted by Gasteiger charge is 2.21. The van der Waals surface area contributed by atoms with Crippen LogP contribution in [0.15, 0.2) is 30.3 Å². The van der Waals surface area contributed by atoms with E-state index in [0.29, 0.717) is 12.0 Å². The molecule has 1 aliphatic heterocycles. The van der Waals surface area contributed by atoms with Crippen molar-refractivity contribution in [1.29, 1.82) is 0 Å². The lowest BCUT2D eigenvalue weighted by Crippen LogP contribution is -2.36. The number of anilines is 1. The summed E-state index contributed by atoms with van der Waals surface area (Å²) in [4.78, 5) is 0. The molecule has 1 aliphatic rings. The molecule has 2 atom stereocenters. The van der Waals surface area contributed by atoms with Crippen LogP contribution in [0, 0.1) is 5.92 Å². The fourth-order valence-corrected chi connectivity index (χ4v) is 2.18. The molecular formula is C14H22N2O. The Morgan fingerprint density at radius 2 is 2.12 bits per heavy atom. The maximum atomic E-state index is 5.40. The molecule has 0 aliphatic carbocycles. The molecule has 0 aromatic heterocycles. The van der Waals surface area contributed by atoms with E-state index in [4.69, 9.17) is 4.74 Å². The predicted molar refractivity (Wildman–Crippen MR) is 71.3 cm³/mol. The summed E-state index contributed by atoms with van der Waals surface area (Å²) in [5, 5.41) is 6.95. The summed E-state index contributed by atoms with van der Waals surface area (Å²) in [7, 11) is 0. The van der Waals surface area contributed by atoms with Crippen LogP contribution in [0.2, 0.25) is 0 Å². The van der Waals surface area contributed by atoms with Crippen molar-refractivity contribution in [2.75, 3.05) is 31.6 Å². The van der Waals surface area contributed by atoms with E-state index in [9.17, 15) is 0 Å². The van der Waals surface area contributed by atoms with E-state index < -0.39 is 0 Å². The zero-order valence-corrected chi connectivity index (χ0v) is 10.5. The summed E-state index contributed by atoms with van der Waals surface area (Å²) < 4.78 is 5.40. The van der Waals surface area contributed by atoms with E-state index in [1.807, 2.05) is 18.2 Å². The van der Waals surface area contributed by atoms with E-state index in [2.05, 4.69) is 29.7 Å². The number of hydrogen-bond acceptors (Lipinski definition) is 3. The summed E-state index contributed by atoms with van der Waals surface area (Å²) in [6.45, 7) is 6.05. The summed E-state index contributed by atoms with van der Waals surface area (Å²) in [5.74, 6) is 0.687. The molecule has 2 rings (SSSR count). The van der Waals surface area contributed by atoms with Gasteiger partial charge in [-0.3, -0.25) is 0 Å². The monoisotopic (exact) mass is 234 g/mol. The predicted octanol–water partition coefficient (Wildman–Crippen LogP) is 2.11. The van der Waals surface area contributed by atoms with Crippen molar-refractivity contribution in [2.45, 2.75) is 19.4 Å². The average Bonchev–Trinajstić information content (AvgIpc) is 2.89. The zero-order chi connectivity index (χ0) is 11.9. The minimum absolute atomic E-state index is 0.551. The second-order valence-corrected chi connectivity index (χ2v) is 4.66. The number of nitrogens with one attached hydrogen (secondary N) is 2. The molecule has 1 aromatic carbocycles. The Morgan fingerprint density at radius 3 is 2.82 bits per heavy atom. The molecule has 1 fully saturated rings. The lowest BCUT2D eigenvalue weighted by Gasteiger charge is -2.19. The quantitative estimate of drug-likeness (QED) is 0.740. The third-order valence-corrected chi connectivity index (χ3v) is 3.37. The molecule has 0 radical (unpaired) electrons. The van der Waals surface area contributed by atoms with Gasteiger partial charge in [0, 0.05) is 31.4 Å². The Morgan fingerprint density at radius 1 is 1.29 bits per heavy atom. The largest absolute Gasteiger partial charge is 0.384 e. The minimum Gasteiger partial charge on any atom is -0.384 e. The van der Waals surface area contributed by atoms with Crippen molar-refractivity contribution in [3.05, 3.63) is 30.3 Å². The molecule has 1 aromatic rings. The summed E-state index contributed by atoms with van der Waals surface area (Å²) in [6.07, 6.45) is 1.19. The first-order chi connectivity index (χ1) is 8.36. The highest BCUT2D eigenvalue weighted by atomic mass is 16.5. The molecule has 3 heteroatoms. The molecule has 3 nitrogen and oxygen atoms in total. The van der Waals surface area contributed by atoms with E-state index in [1.54, 1.807) is 0 Å². The standard InChI is InChI=1S/C14H22N2O/c1-12(13-7-10-17-11-13)15-8-9-16-14-5-3-2-4-6-14/h2-6,12-13,15-16H,7-11H2,1H3. The van der Waals surface area contributed by atoms with Crippen molar-refractivity contribution in [3.8, 4) is 0 Å². The molecule has 0 saturated carbocycles. The third-order valence-electron chi connectivity index (χ3n) is 3.37. The van der Waals surface area contributed by atoms with Gasteiger partial charge < -0.3 is 15.4 Å². The first-order valence-corrected chi connectivity index (χ1v) is 6.46. The molecule has 17 heavy (non-hydrogen) atoms. The van der Waals surface area contributed by atoms with Gasteiger partial charge in [0.2, 0.25) is 0 Å².